The minimum Gasteiger partial charge on any atom is -0.345 e. The van der Waals surface area contributed by atoms with Gasteiger partial charge in [-0.2, -0.15) is 15.3 Å². The Hall–Kier alpha value is -3.02. The zero-order valence-corrected chi connectivity index (χ0v) is 16.8. The molecule has 4 rings (SSSR count). The Morgan fingerprint density at radius 1 is 1.18 bits per heavy atom. The number of benzene rings is 1. The molecule has 0 fully saturated rings. The molecule has 6 heteroatoms. The van der Waals surface area contributed by atoms with Crippen molar-refractivity contribution in [1.29, 1.82) is 0 Å². The summed E-state index contributed by atoms with van der Waals surface area (Å²) in [6, 6.07) is 7.61. The van der Waals surface area contributed by atoms with E-state index in [1.807, 2.05) is 56.8 Å². The van der Waals surface area contributed by atoms with Crippen molar-refractivity contribution in [3.05, 3.63) is 64.1 Å². The molecule has 0 saturated carbocycles. The monoisotopic (exact) mass is 375 g/mol. The Balaban J connectivity index is 1.55. The molecule has 28 heavy (non-hydrogen) atoms. The second-order valence-corrected chi connectivity index (χ2v) is 7.57. The van der Waals surface area contributed by atoms with Crippen LogP contribution in [0.25, 0.3) is 11.3 Å². The van der Waals surface area contributed by atoms with Gasteiger partial charge in [0.1, 0.15) is 0 Å². The maximum Gasteiger partial charge on any atom is 0.251 e. The summed E-state index contributed by atoms with van der Waals surface area (Å²) in [5.41, 5.74) is 8.10. The van der Waals surface area contributed by atoms with E-state index in [0.717, 1.165) is 47.3 Å². The molecule has 144 valence electrons. The number of nitrogens with one attached hydrogen (secondary N) is 1. The summed E-state index contributed by atoms with van der Waals surface area (Å²) in [5.74, 6) is -0.0558. The van der Waals surface area contributed by atoms with Crippen LogP contribution >= 0.6 is 0 Å². The summed E-state index contributed by atoms with van der Waals surface area (Å²) in [7, 11) is 1.98. The van der Waals surface area contributed by atoms with Crippen LogP contribution in [-0.4, -0.2) is 25.9 Å². The first-order valence-electron chi connectivity index (χ1n) is 9.68. The fourth-order valence-corrected chi connectivity index (χ4v) is 4.06. The molecule has 2 aromatic heterocycles. The van der Waals surface area contributed by atoms with Gasteiger partial charge in [0.15, 0.2) is 0 Å². The van der Waals surface area contributed by atoms with Crippen LogP contribution in [0.5, 0.6) is 0 Å². The second-order valence-electron chi connectivity index (χ2n) is 7.57. The van der Waals surface area contributed by atoms with Gasteiger partial charge in [0.2, 0.25) is 0 Å². The smallest absolute Gasteiger partial charge is 0.251 e. The first kappa shape index (κ1) is 18.3. The summed E-state index contributed by atoms with van der Waals surface area (Å²) < 4.78 is 1.95. The van der Waals surface area contributed by atoms with Gasteiger partial charge in [0.05, 0.1) is 23.6 Å². The molecule has 0 radical (unpaired) electrons. The second kappa shape index (κ2) is 7.19. The quantitative estimate of drug-likeness (QED) is 0.759. The maximum absolute atomic E-state index is 12.8. The van der Waals surface area contributed by atoms with Crippen LogP contribution in [0.15, 0.2) is 30.5 Å². The Kier molecular flexibility index (Phi) is 4.71. The highest BCUT2D eigenvalue weighted by molar-refractivity contribution is 5.95. The molecular weight excluding hydrogens is 350 g/mol. The molecule has 1 amide bonds. The number of fused-ring (bicyclic) bond motifs is 1. The summed E-state index contributed by atoms with van der Waals surface area (Å²) in [6.45, 7) is 6.08. The first-order valence-corrected chi connectivity index (χ1v) is 9.68. The molecule has 2 heterocycles. The molecule has 1 aliphatic carbocycles. The molecule has 1 N–H and O–H groups in total. The fraction of sp³-hybridized carbons (Fsp3) is 0.364. The van der Waals surface area contributed by atoms with Crippen LogP contribution in [0.1, 0.15) is 57.3 Å². The van der Waals surface area contributed by atoms with E-state index in [1.165, 1.54) is 11.3 Å². The maximum atomic E-state index is 12.8. The topological polar surface area (TPSA) is 72.7 Å². The number of carbonyl (C=O) groups is 1. The van der Waals surface area contributed by atoms with Crippen LogP contribution in [0.2, 0.25) is 0 Å². The lowest BCUT2D eigenvalue weighted by atomic mass is 9.90. The highest BCUT2D eigenvalue weighted by Gasteiger charge is 2.27. The lowest BCUT2D eigenvalue weighted by Crippen LogP contribution is -2.31. The number of aryl methyl sites for hydroxylation is 3. The van der Waals surface area contributed by atoms with Gasteiger partial charge in [-0.3, -0.25) is 9.48 Å². The van der Waals surface area contributed by atoms with Gasteiger partial charge in [0.25, 0.3) is 5.91 Å². The molecule has 0 spiro atoms. The predicted molar refractivity (Wildman–Crippen MR) is 108 cm³/mol. The van der Waals surface area contributed by atoms with Gasteiger partial charge in [-0.1, -0.05) is 12.1 Å². The normalized spacial score (nSPS) is 15.9. The summed E-state index contributed by atoms with van der Waals surface area (Å²) in [4.78, 5) is 12.8. The zero-order valence-electron chi connectivity index (χ0n) is 16.8. The zero-order chi connectivity index (χ0) is 19.8. The average Bonchev–Trinajstić information content (AvgIpc) is 2.99. The summed E-state index contributed by atoms with van der Waals surface area (Å²) in [6.07, 6.45) is 4.78. The minimum atomic E-state index is -0.0558. The molecule has 0 saturated heterocycles. The van der Waals surface area contributed by atoms with E-state index in [0.29, 0.717) is 5.56 Å². The van der Waals surface area contributed by atoms with Crippen molar-refractivity contribution >= 4 is 5.91 Å². The third-order valence-electron chi connectivity index (χ3n) is 5.73. The van der Waals surface area contributed by atoms with Crippen LogP contribution < -0.4 is 5.32 Å². The third-order valence-corrected chi connectivity index (χ3v) is 5.73. The molecule has 1 aliphatic rings. The summed E-state index contributed by atoms with van der Waals surface area (Å²) in [5, 5.41) is 16.0. The number of hydrogen-bond acceptors (Lipinski definition) is 4. The van der Waals surface area contributed by atoms with Gasteiger partial charge in [-0.25, -0.2) is 0 Å². The number of aromatic nitrogens is 4. The number of rotatable bonds is 3. The minimum absolute atomic E-state index is 0.0227. The predicted octanol–water partition coefficient (Wildman–Crippen LogP) is 3.61. The average molecular weight is 375 g/mol. The highest BCUT2D eigenvalue weighted by atomic mass is 16.1. The van der Waals surface area contributed by atoms with Gasteiger partial charge < -0.3 is 5.32 Å². The molecule has 0 bridgehead atoms. The van der Waals surface area contributed by atoms with Crippen LogP contribution in [0.4, 0.5) is 0 Å². The van der Waals surface area contributed by atoms with Gasteiger partial charge in [0, 0.05) is 29.4 Å². The molecule has 1 atom stereocenters. The van der Waals surface area contributed by atoms with E-state index in [1.54, 1.807) is 6.20 Å². The van der Waals surface area contributed by atoms with Crippen molar-refractivity contribution in [1.82, 2.24) is 25.3 Å². The number of nitrogens with zero attached hydrogens (tertiary/aromatic N) is 4. The van der Waals surface area contributed by atoms with Crippen molar-refractivity contribution in [3.63, 3.8) is 0 Å². The van der Waals surface area contributed by atoms with Crippen LogP contribution in [0, 0.1) is 20.8 Å². The first-order chi connectivity index (χ1) is 13.5. The van der Waals surface area contributed by atoms with E-state index in [-0.39, 0.29) is 11.9 Å². The van der Waals surface area contributed by atoms with E-state index in [4.69, 9.17) is 0 Å². The SMILES string of the molecule is Cc1cnnc(-c2ccc(C(=O)NC3CCCc4c3c(C)nn4C)cc2)c1C. The Bertz CT molecular complexity index is 1040. The number of hydrogen-bond donors (Lipinski definition) is 1. The number of carbonyl (C=O) groups excluding carboxylic acids is 1. The Labute approximate surface area is 165 Å². The van der Waals surface area contributed by atoms with Crippen LogP contribution in [-0.2, 0) is 13.5 Å². The molecule has 3 aromatic rings. The van der Waals surface area contributed by atoms with Gasteiger partial charge >= 0.3 is 0 Å². The van der Waals surface area contributed by atoms with E-state index < -0.39 is 0 Å². The van der Waals surface area contributed by atoms with Gasteiger partial charge in [-0.05, 0) is 63.3 Å². The van der Waals surface area contributed by atoms with Crippen LogP contribution in [0.3, 0.4) is 0 Å². The third kappa shape index (κ3) is 3.19. The fourth-order valence-electron chi connectivity index (χ4n) is 4.06. The standard InChI is InChI=1S/C22H25N5O/c1-13-12-23-25-21(14(13)2)16-8-10-17(11-9-16)22(28)24-18-6-5-7-19-20(18)15(3)26-27(19)4/h8-12,18H,5-7H2,1-4H3,(H,24,28). The summed E-state index contributed by atoms with van der Waals surface area (Å²) >= 11 is 0. The van der Waals surface area contributed by atoms with E-state index >= 15 is 0 Å². The Morgan fingerprint density at radius 3 is 2.68 bits per heavy atom. The molecular formula is C22H25N5O. The molecule has 6 nitrogen and oxygen atoms in total. The molecule has 1 aromatic carbocycles. The largest absolute Gasteiger partial charge is 0.345 e. The van der Waals surface area contributed by atoms with Gasteiger partial charge in [-0.15, -0.1) is 0 Å². The van der Waals surface area contributed by atoms with Crippen molar-refractivity contribution in [2.75, 3.05) is 0 Å². The van der Waals surface area contributed by atoms with Crippen molar-refractivity contribution in [3.8, 4) is 11.3 Å². The van der Waals surface area contributed by atoms with E-state index in [2.05, 4.69) is 20.6 Å². The van der Waals surface area contributed by atoms with Crippen molar-refractivity contribution < 1.29 is 4.79 Å². The lowest BCUT2D eigenvalue weighted by Gasteiger charge is -2.24. The molecule has 1 unspecified atom stereocenters. The lowest BCUT2D eigenvalue weighted by molar-refractivity contribution is 0.0932. The van der Waals surface area contributed by atoms with E-state index in [9.17, 15) is 4.79 Å². The Morgan fingerprint density at radius 2 is 1.93 bits per heavy atom. The molecule has 0 aliphatic heterocycles. The number of amides is 1. The van der Waals surface area contributed by atoms with Crippen molar-refractivity contribution in [2.24, 2.45) is 7.05 Å². The van der Waals surface area contributed by atoms with Crippen molar-refractivity contribution in [2.45, 2.75) is 46.1 Å². The highest BCUT2D eigenvalue weighted by Crippen LogP contribution is 2.32.